The highest BCUT2D eigenvalue weighted by Gasteiger charge is 2.59. The van der Waals surface area contributed by atoms with Crippen molar-refractivity contribution in [2.45, 2.75) is 25.3 Å². The summed E-state index contributed by atoms with van der Waals surface area (Å²) in [5.41, 5.74) is 4.92. The number of halogens is 1. The predicted molar refractivity (Wildman–Crippen MR) is 125 cm³/mol. The largest absolute Gasteiger partial charge is 0.311 e. The van der Waals surface area contributed by atoms with Gasteiger partial charge in [0.1, 0.15) is 5.82 Å². The van der Waals surface area contributed by atoms with Gasteiger partial charge in [-0.15, -0.1) is 11.8 Å². The van der Waals surface area contributed by atoms with Crippen LogP contribution >= 0.6 is 11.8 Å². The summed E-state index contributed by atoms with van der Waals surface area (Å²) in [5.74, 6) is -0.210. The van der Waals surface area contributed by atoms with Crippen LogP contribution in [0.4, 0.5) is 10.1 Å². The van der Waals surface area contributed by atoms with Crippen molar-refractivity contribution in [2.24, 2.45) is 0 Å². The van der Waals surface area contributed by atoms with Crippen LogP contribution in [0.15, 0.2) is 66.7 Å². The molecule has 2 aliphatic rings. The number of benzene rings is 3. The lowest BCUT2D eigenvalue weighted by molar-refractivity contribution is -0.123. The van der Waals surface area contributed by atoms with E-state index in [0.717, 1.165) is 16.7 Å². The number of hydrogen-bond donors (Lipinski definition) is 0. The first-order valence-corrected chi connectivity index (χ1v) is 11.6. The number of anilines is 1. The van der Waals surface area contributed by atoms with Crippen LogP contribution < -0.4 is 4.90 Å². The molecule has 1 atom stereocenters. The van der Waals surface area contributed by atoms with E-state index in [1.165, 1.54) is 23.9 Å². The highest BCUT2D eigenvalue weighted by Crippen LogP contribution is 2.54. The van der Waals surface area contributed by atoms with Gasteiger partial charge < -0.3 is 9.80 Å². The van der Waals surface area contributed by atoms with E-state index in [1.54, 1.807) is 28.0 Å². The number of aryl methyl sites for hydroxylation is 2. The molecule has 4 nitrogen and oxygen atoms in total. The minimum absolute atomic E-state index is 0.193. The summed E-state index contributed by atoms with van der Waals surface area (Å²) >= 11 is 1.41. The summed E-state index contributed by atoms with van der Waals surface area (Å²) in [6.07, 6.45) is 0. The number of hydrogen-bond acceptors (Lipinski definition) is 3. The van der Waals surface area contributed by atoms with E-state index in [9.17, 15) is 14.0 Å². The van der Waals surface area contributed by atoms with Gasteiger partial charge in [0, 0.05) is 23.4 Å². The summed E-state index contributed by atoms with van der Waals surface area (Å²) in [6, 6.07) is 19.8. The zero-order valence-electron chi connectivity index (χ0n) is 18.0. The summed E-state index contributed by atoms with van der Waals surface area (Å²) in [6.45, 7) is 4.77. The van der Waals surface area contributed by atoms with Gasteiger partial charge >= 0.3 is 0 Å². The van der Waals surface area contributed by atoms with Crippen molar-refractivity contribution in [3.8, 4) is 0 Å². The normalized spacial score (nSPS) is 19.7. The molecule has 1 spiro atoms. The molecule has 0 radical (unpaired) electrons. The number of amides is 2. The number of nitrogens with zero attached hydrogens (tertiary/aromatic N) is 2. The van der Waals surface area contributed by atoms with Gasteiger partial charge in [0.05, 0.1) is 12.2 Å². The van der Waals surface area contributed by atoms with Gasteiger partial charge in [0.15, 0.2) is 4.87 Å². The molecule has 0 N–H and O–H groups in total. The Morgan fingerprint density at radius 1 is 1.00 bits per heavy atom. The van der Waals surface area contributed by atoms with Crippen LogP contribution in [0.5, 0.6) is 0 Å². The second-order valence-electron chi connectivity index (χ2n) is 8.35. The summed E-state index contributed by atoms with van der Waals surface area (Å²) in [5, 5.41) is 0. The number of thioether (sulfide) groups is 1. The third kappa shape index (κ3) is 3.21. The summed E-state index contributed by atoms with van der Waals surface area (Å²) < 4.78 is 14.4. The second kappa shape index (κ2) is 7.78. The molecule has 2 amide bonds. The summed E-state index contributed by atoms with van der Waals surface area (Å²) in [7, 11) is 0. The van der Waals surface area contributed by atoms with Crippen LogP contribution in [-0.4, -0.2) is 29.0 Å². The van der Waals surface area contributed by atoms with Crippen molar-refractivity contribution >= 4 is 29.3 Å². The smallest absolute Gasteiger partial charge is 0.268 e. The lowest BCUT2D eigenvalue weighted by Gasteiger charge is -2.33. The van der Waals surface area contributed by atoms with E-state index in [4.69, 9.17) is 0 Å². The summed E-state index contributed by atoms with van der Waals surface area (Å²) in [4.78, 5) is 29.5. The van der Waals surface area contributed by atoms with Gasteiger partial charge in [-0.3, -0.25) is 9.59 Å². The minimum atomic E-state index is -1.25. The minimum Gasteiger partial charge on any atom is -0.311 e. The van der Waals surface area contributed by atoms with Crippen LogP contribution in [0.3, 0.4) is 0 Å². The quantitative estimate of drug-likeness (QED) is 0.567. The maximum Gasteiger partial charge on any atom is 0.268 e. The Labute approximate surface area is 191 Å². The zero-order chi connectivity index (χ0) is 22.5. The first-order chi connectivity index (χ1) is 15.4. The Hall–Kier alpha value is -3.12. The van der Waals surface area contributed by atoms with Gasteiger partial charge in [-0.25, -0.2) is 4.39 Å². The fourth-order valence-corrected chi connectivity index (χ4v) is 5.92. The van der Waals surface area contributed by atoms with Crippen molar-refractivity contribution in [2.75, 3.05) is 17.2 Å². The van der Waals surface area contributed by atoms with Gasteiger partial charge in [0.25, 0.3) is 11.8 Å². The maximum atomic E-state index is 14.4. The number of rotatable bonds is 3. The molecule has 0 aliphatic carbocycles. The molecule has 0 bridgehead atoms. The topological polar surface area (TPSA) is 40.6 Å². The van der Waals surface area contributed by atoms with Gasteiger partial charge in [-0.1, -0.05) is 47.5 Å². The molecule has 2 heterocycles. The molecular formula is C26H23FN2O2S. The van der Waals surface area contributed by atoms with Crippen molar-refractivity contribution < 1.29 is 14.0 Å². The molecule has 1 saturated heterocycles. The fourth-order valence-electron chi connectivity index (χ4n) is 4.47. The van der Waals surface area contributed by atoms with Crippen LogP contribution in [0.1, 0.15) is 32.6 Å². The first-order valence-electron chi connectivity index (χ1n) is 10.6. The molecule has 5 rings (SSSR count). The molecule has 1 unspecified atom stereocenters. The van der Waals surface area contributed by atoms with Crippen molar-refractivity contribution in [3.63, 3.8) is 0 Å². The van der Waals surface area contributed by atoms with Gasteiger partial charge in [-0.05, 0) is 49.7 Å². The van der Waals surface area contributed by atoms with E-state index >= 15 is 0 Å². The molecule has 2 aliphatic heterocycles. The van der Waals surface area contributed by atoms with E-state index in [2.05, 4.69) is 0 Å². The van der Waals surface area contributed by atoms with Crippen molar-refractivity contribution in [1.82, 2.24) is 4.90 Å². The number of carbonyl (C=O) groups excluding carboxylic acids is 2. The number of fused-ring (bicyclic) bond motifs is 2. The van der Waals surface area contributed by atoms with Crippen LogP contribution in [0, 0.1) is 19.7 Å². The van der Waals surface area contributed by atoms with Gasteiger partial charge in [-0.2, -0.15) is 0 Å². The molecule has 3 aromatic carbocycles. The van der Waals surface area contributed by atoms with Crippen molar-refractivity contribution in [1.29, 1.82) is 0 Å². The molecular weight excluding hydrogens is 423 g/mol. The maximum absolute atomic E-state index is 14.4. The van der Waals surface area contributed by atoms with Crippen LogP contribution in [0.2, 0.25) is 0 Å². The van der Waals surface area contributed by atoms with E-state index < -0.39 is 10.7 Å². The van der Waals surface area contributed by atoms with E-state index in [0.29, 0.717) is 35.7 Å². The third-order valence-corrected chi connectivity index (χ3v) is 7.58. The lowest BCUT2D eigenvalue weighted by atomic mass is 10.0. The standard InChI is InChI=1S/C26H23FN2O2S/c1-17-3-7-19(8-4-17)16-28-23-12-11-21(27)15-22(23)26(25(28)31)29(13-14-32-26)24(30)20-9-5-18(2)6-10-20/h3-12,15H,13-14,16H2,1-2H3. The molecule has 162 valence electrons. The Kier molecular flexibility index (Phi) is 5.05. The Morgan fingerprint density at radius 2 is 1.66 bits per heavy atom. The fraction of sp³-hybridized carbons (Fsp3) is 0.231. The zero-order valence-corrected chi connectivity index (χ0v) is 18.8. The highest BCUT2D eigenvalue weighted by atomic mass is 32.2. The average Bonchev–Trinajstić information content (AvgIpc) is 3.32. The second-order valence-corrected chi connectivity index (χ2v) is 9.64. The van der Waals surface area contributed by atoms with Crippen LogP contribution in [0.25, 0.3) is 0 Å². The first kappa shape index (κ1) is 20.8. The average molecular weight is 447 g/mol. The predicted octanol–water partition coefficient (Wildman–Crippen LogP) is 5.03. The monoisotopic (exact) mass is 446 g/mol. The van der Waals surface area contributed by atoms with E-state index in [1.807, 2.05) is 50.2 Å². The Balaban J connectivity index is 1.58. The number of carbonyl (C=O) groups is 2. The van der Waals surface area contributed by atoms with Crippen molar-refractivity contribution in [3.05, 3.63) is 100 Å². The van der Waals surface area contributed by atoms with E-state index in [-0.39, 0.29) is 11.8 Å². The van der Waals surface area contributed by atoms with Crippen LogP contribution in [-0.2, 0) is 16.2 Å². The van der Waals surface area contributed by atoms with Gasteiger partial charge in [0.2, 0.25) is 0 Å². The highest BCUT2D eigenvalue weighted by molar-refractivity contribution is 8.01. The SMILES string of the molecule is Cc1ccc(CN2C(=O)C3(SCCN3C(=O)c3ccc(C)cc3)c3cc(F)ccc32)cc1. The Morgan fingerprint density at radius 3 is 2.34 bits per heavy atom. The molecule has 3 aromatic rings. The molecule has 0 saturated carbocycles. The molecule has 6 heteroatoms. The molecule has 32 heavy (non-hydrogen) atoms. The molecule has 0 aromatic heterocycles. The third-order valence-electron chi connectivity index (χ3n) is 6.16. The lowest BCUT2D eigenvalue weighted by Crippen LogP contribution is -2.50. The Bertz CT molecular complexity index is 1210. The molecule has 1 fully saturated rings.